The van der Waals surface area contributed by atoms with Crippen molar-refractivity contribution in [2.24, 2.45) is 0 Å². The Morgan fingerprint density at radius 3 is 2.54 bits per heavy atom. The Morgan fingerprint density at radius 1 is 1.62 bits per heavy atom. The van der Waals surface area contributed by atoms with Crippen LogP contribution < -0.4 is 5.32 Å². The second kappa shape index (κ2) is 3.85. The van der Waals surface area contributed by atoms with Crippen LogP contribution >= 0.6 is 11.3 Å². The number of aromatic nitrogens is 1. The molecule has 0 spiro atoms. The maximum Gasteiger partial charge on any atom is 0.326 e. The third kappa shape index (κ3) is 2.05. The van der Waals surface area contributed by atoms with Gasteiger partial charge in [-0.2, -0.15) is 0 Å². The highest BCUT2D eigenvalue weighted by atomic mass is 32.1. The number of likely N-dealkylation sites (N-methyl/N-ethyl adjacent to an activating group) is 1. The van der Waals surface area contributed by atoms with Gasteiger partial charge in [-0.3, -0.25) is 4.79 Å². The van der Waals surface area contributed by atoms with Crippen LogP contribution in [0.4, 0.5) is 0 Å². The zero-order chi connectivity index (χ0) is 10.0. The number of nitrogens with one attached hydrogen (secondary N) is 1. The van der Waals surface area contributed by atoms with Crippen LogP contribution in [0.2, 0.25) is 0 Å². The van der Waals surface area contributed by atoms with Gasteiger partial charge in [-0.25, -0.2) is 4.98 Å². The van der Waals surface area contributed by atoms with Crippen molar-refractivity contribution >= 4 is 17.3 Å². The second-order valence-corrected chi connectivity index (χ2v) is 3.98. The van der Waals surface area contributed by atoms with E-state index in [0.717, 1.165) is 15.6 Å². The van der Waals surface area contributed by atoms with Crippen LogP contribution in [0.1, 0.15) is 21.6 Å². The Bertz CT molecular complexity index is 322. The van der Waals surface area contributed by atoms with Gasteiger partial charge in [0.2, 0.25) is 0 Å². The van der Waals surface area contributed by atoms with Crippen LogP contribution in [0.15, 0.2) is 0 Å². The van der Waals surface area contributed by atoms with E-state index in [1.807, 2.05) is 13.8 Å². The Labute approximate surface area is 80.6 Å². The Kier molecular flexibility index (Phi) is 3.00. The van der Waals surface area contributed by atoms with Crippen LogP contribution in [0.5, 0.6) is 0 Å². The summed E-state index contributed by atoms with van der Waals surface area (Å²) in [6.45, 7) is 3.70. The van der Waals surface area contributed by atoms with Crippen LogP contribution in [-0.2, 0) is 4.79 Å². The highest BCUT2D eigenvalue weighted by Crippen LogP contribution is 2.24. The van der Waals surface area contributed by atoms with Gasteiger partial charge in [-0.15, -0.1) is 11.3 Å². The molecule has 0 radical (unpaired) electrons. The molecule has 72 valence electrons. The summed E-state index contributed by atoms with van der Waals surface area (Å²) in [6.07, 6.45) is 0. The number of thiazole rings is 1. The summed E-state index contributed by atoms with van der Waals surface area (Å²) >= 11 is 1.42. The summed E-state index contributed by atoms with van der Waals surface area (Å²) in [7, 11) is 1.63. The number of hydrogen-bond acceptors (Lipinski definition) is 4. The zero-order valence-electron chi connectivity index (χ0n) is 7.79. The lowest BCUT2D eigenvalue weighted by Gasteiger charge is -2.08. The molecule has 0 bridgehead atoms. The maximum absolute atomic E-state index is 10.8. The number of aliphatic carboxylic acids is 1. The molecule has 5 heteroatoms. The minimum Gasteiger partial charge on any atom is -0.480 e. The largest absolute Gasteiger partial charge is 0.480 e. The summed E-state index contributed by atoms with van der Waals surface area (Å²) in [5.41, 5.74) is 0.796. The Balaban J connectivity index is 3.04. The van der Waals surface area contributed by atoms with Gasteiger partial charge in [0.1, 0.15) is 6.04 Å². The van der Waals surface area contributed by atoms with Crippen molar-refractivity contribution in [3.63, 3.8) is 0 Å². The summed E-state index contributed by atoms with van der Waals surface area (Å²) in [5, 5.41) is 12.5. The fourth-order valence-electron chi connectivity index (χ4n) is 1.18. The Hall–Kier alpha value is -0.940. The van der Waals surface area contributed by atoms with E-state index in [1.54, 1.807) is 7.05 Å². The number of carboxylic acids is 1. The van der Waals surface area contributed by atoms with Crippen molar-refractivity contribution < 1.29 is 9.90 Å². The van der Waals surface area contributed by atoms with E-state index in [2.05, 4.69) is 10.3 Å². The van der Waals surface area contributed by atoms with E-state index in [1.165, 1.54) is 11.3 Å². The molecule has 1 aromatic rings. The summed E-state index contributed by atoms with van der Waals surface area (Å²) in [6, 6.07) is -0.633. The van der Waals surface area contributed by atoms with Crippen molar-refractivity contribution in [1.82, 2.24) is 10.3 Å². The fourth-order valence-corrected chi connectivity index (χ4v) is 2.21. The van der Waals surface area contributed by atoms with E-state index < -0.39 is 12.0 Å². The fraction of sp³-hybridized carbons (Fsp3) is 0.500. The molecule has 0 saturated carbocycles. The smallest absolute Gasteiger partial charge is 0.326 e. The molecule has 2 N–H and O–H groups in total. The molecular weight excluding hydrogens is 188 g/mol. The molecule has 1 unspecified atom stereocenters. The van der Waals surface area contributed by atoms with Gasteiger partial charge in [0, 0.05) is 0 Å². The molecule has 4 nitrogen and oxygen atoms in total. The van der Waals surface area contributed by atoms with Crippen molar-refractivity contribution in [3.8, 4) is 0 Å². The highest BCUT2D eigenvalue weighted by molar-refractivity contribution is 7.11. The molecule has 1 rings (SSSR count). The molecule has 0 aliphatic rings. The third-order valence-electron chi connectivity index (χ3n) is 1.74. The predicted molar refractivity (Wildman–Crippen MR) is 51.0 cm³/mol. The van der Waals surface area contributed by atoms with Crippen LogP contribution in [0.25, 0.3) is 0 Å². The first-order valence-corrected chi connectivity index (χ1v) is 4.72. The third-order valence-corrected chi connectivity index (χ3v) is 2.87. The first-order valence-electron chi connectivity index (χ1n) is 3.90. The molecule has 0 amide bonds. The summed E-state index contributed by atoms with van der Waals surface area (Å²) in [4.78, 5) is 15.8. The van der Waals surface area contributed by atoms with Crippen molar-refractivity contribution in [3.05, 3.63) is 15.6 Å². The lowest BCUT2D eigenvalue weighted by Crippen LogP contribution is -2.24. The number of aryl methyl sites for hydroxylation is 2. The monoisotopic (exact) mass is 200 g/mol. The molecule has 1 aromatic heterocycles. The van der Waals surface area contributed by atoms with Gasteiger partial charge in [-0.1, -0.05) is 0 Å². The minimum absolute atomic E-state index is 0.633. The number of rotatable bonds is 3. The van der Waals surface area contributed by atoms with Gasteiger partial charge in [0.25, 0.3) is 0 Å². The zero-order valence-corrected chi connectivity index (χ0v) is 8.60. The SMILES string of the molecule is CNC(C(=O)O)c1sc(C)nc1C. The maximum atomic E-state index is 10.8. The molecule has 0 aromatic carbocycles. The highest BCUT2D eigenvalue weighted by Gasteiger charge is 2.22. The van der Waals surface area contributed by atoms with Gasteiger partial charge < -0.3 is 10.4 Å². The Morgan fingerprint density at radius 2 is 2.23 bits per heavy atom. The van der Waals surface area contributed by atoms with E-state index in [4.69, 9.17) is 5.11 Å². The second-order valence-electron chi connectivity index (χ2n) is 2.74. The van der Waals surface area contributed by atoms with E-state index in [0.29, 0.717) is 0 Å². The quantitative estimate of drug-likeness (QED) is 0.767. The van der Waals surface area contributed by atoms with Gasteiger partial charge in [-0.05, 0) is 20.9 Å². The van der Waals surface area contributed by atoms with Crippen LogP contribution in [0.3, 0.4) is 0 Å². The lowest BCUT2D eigenvalue weighted by molar-refractivity contribution is -0.139. The summed E-state index contributed by atoms with van der Waals surface area (Å²) in [5.74, 6) is -0.866. The number of carboxylic acid groups (broad SMARTS) is 1. The normalized spacial score (nSPS) is 12.8. The minimum atomic E-state index is -0.866. The standard InChI is InChI=1S/C8H12N2O2S/c1-4-7(13-5(2)10-4)6(9-3)8(11)12/h6,9H,1-3H3,(H,11,12). The first kappa shape index (κ1) is 10.1. The van der Waals surface area contributed by atoms with E-state index >= 15 is 0 Å². The molecule has 13 heavy (non-hydrogen) atoms. The van der Waals surface area contributed by atoms with E-state index in [9.17, 15) is 4.79 Å². The topological polar surface area (TPSA) is 62.2 Å². The van der Waals surface area contributed by atoms with Crippen molar-refractivity contribution in [1.29, 1.82) is 0 Å². The van der Waals surface area contributed by atoms with Crippen molar-refractivity contribution in [2.75, 3.05) is 7.05 Å². The first-order chi connectivity index (χ1) is 6.06. The molecule has 0 saturated heterocycles. The van der Waals surface area contributed by atoms with Gasteiger partial charge in [0.15, 0.2) is 0 Å². The van der Waals surface area contributed by atoms with Gasteiger partial charge in [0.05, 0.1) is 15.6 Å². The molecule has 1 atom stereocenters. The molecule has 0 aliphatic heterocycles. The molecule has 0 aliphatic carbocycles. The van der Waals surface area contributed by atoms with Crippen LogP contribution in [0, 0.1) is 13.8 Å². The lowest BCUT2D eigenvalue weighted by atomic mass is 10.2. The molecule has 1 heterocycles. The van der Waals surface area contributed by atoms with E-state index in [-0.39, 0.29) is 0 Å². The van der Waals surface area contributed by atoms with Crippen molar-refractivity contribution in [2.45, 2.75) is 19.9 Å². The average molecular weight is 200 g/mol. The van der Waals surface area contributed by atoms with Crippen LogP contribution in [-0.4, -0.2) is 23.1 Å². The predicted octanol–water partition coefficient (Wildman–Crippen LogP) is 1.11. The number of hydrogen-bond donors (Lipinski definition) is 2. The molecule has 0 fully saturated rings. The summed E-state index contributed by atoms with van der Waals surface area (Å²) < 4.78 is 0. The number of carbonyl (C=O) groups is 1. The van der Waals surface area contributed by atoms with Gasteiger partial charge >= 0.3 is 5.97 Å². The average Bonchev–Trinajstić information content (AvgIpc) is 2.31. The molecular formula is C8H12N2O2S. The number of nitrogens with zero attached hydrogens (tertiary/aromatic N) is 1.